The molecule has 0 aliphatic carbocycles. The number of fused-ring (bicyclic) bond motifs is 1. The van der Waals surface area contributed by atoms with Crippen LogP contribution in [0.15, 0.2) is 42.6 Å². The normalized spacial score (nSPS) is 18.9. The maximum atomic E-state index is 4.66. The van der Waals surface area contributed by atoms with E-state index >= 15 is 0 Å². The van der Waals surface area contributed by atoms with E-state index in [1.807, 2.05) is 13.2 Å². The molecule has 2 atom stereocenters. The number of hydrogen-bond acceptors (Lipinski definition) is 3. The van der Waals surface area contributed by atoms with Gasteiger partial charge >= 0.3 is 0 Å². The van der Waals surface area contributed by atoms with Crippen molar-refractivity contribution in [3.8, 4) is 0 Å². The second kappa shape index (κ2) is 5.25. The second-order valence-electron chi connectivity index (χ2n) is 5.51. The Hall–Kier alpha value is -1.87. The molecular formula is C17H21N3. The molecule has 0 amide bonds. The van der Waals surface area contributed by atoms with E-state index in [9.17, 15) is 0 Å². The molecule has 1 N–H and O–H groups in total. The first-order valence-corrected chi connectivity index (χ1v) is 7.21. The van der Waals surface area contributed by atoms with Gasteiger partial charge in [0.1, 0.15) is 5.82 Å². The van der Waals surface area contributed by atoms with Crippen molar-refractivity contribution < 1.29 is 0 Å². The van der Waals surface area contributed by atoms with Crippen LogP contribution in [0.4, 0.5) is 11.5 Å². The SMILES string of the molecule is CNC(C)c1ccc(N2c3ccccc3CC2C)nc1. The maximum absolute atomic E-state index is 4.66. The Morgan fingerprint density at radius 1 is 1.25 bits per heavy atom. The van der Waals surface area contributed by atoms with E-state index < -0.39 is 0 Å². The van der Waals surface area contributed by atoms with Crippen LogP contribution in [0.25, 0.3) is 0 Å². The number of anilines is 2. The summed E-state index contributed by atoms with van der Waals surface area (Å²) in [7, 11) is 1.97. The molecule has 3 nitrogen and oxygen atoms in total. The smallest absolute Gasteiger partial charge is 0.133 e. The van der Waals surface area contributed by atoms with Crippen LogP contribution >= 0.6 is 0 Å². The third-order valence-corrected chi connectivity index (χ3v) is 4.16. The first-order valence-electron chi connectivity index (χ1n) is 7.21. The highest BCUT2D eigenvalue weighted by Crippen LogP contribution is 2.37. The van der Waals surface area contributed by atoms with E-state index in [2.05, 4.69) is 65.4 Å². The minimum Gasteiger partial charge on any atom is -0.323 e. The number of nitrogens with zero attached hydrogens (tertiary/aromatic N) is 2. The summed E-state index contributed by atoms with van der Waals surface area (Å²) in [5.41, 5.74) is 3.92. The summed E-state index contributed by atoms with van der Waals surface area (Å²) in [5.74, 6) is 1.04. The van der Waals surface area contributed by atoms with Gasteiger partial charge in [-0.2, -0.15) is 0 Å². The standard InChI is InChI=1S/C17H21N3/c1-12-10-14-6-4-5-7-16(14)20(12)17-9-8-15(11-19-17)13(2)18-3/h4-9,11-13,18H,10H2,1-3H3. The lowest BCUT2D eigenvalue weighted by Crippen LogP contribution is -2.25. The number of para-hydroxylation sites is 1. The molecule has 0 spiro atoms. The van der Waals surface area contributed by atoms with Crippen molar-refractivity contribution in [3.63, 3.8) is 0 Å². The van der Waals surface area contributed by atoms with Crippen molar-refractivity contribution in [2.45, 2.75) is 32.4 Å². The quantitative estimate of drug-likeness (QED) is 0.923. The van der Waals surface area contributed by atoms with Crippen molar-refractivity contribution >= 4 is 11.5 Å². The van der Waals surface area contributed by atoms with Crippen LogP contribution in [0.3, 0.4) is 0 Å². The molecule has 0 fully saturated rings. The number of rotatable bonds is 3. The Morgan fingerprint density at radius 3 is 2.75 bits per heavy atom. The third-order valence-electron chi connectivity index (χ3n) is 4.16. The number of hydrogen-bond donors (Lipinski definition) is 1. The summed E-state index contributed by atoms with van der Waals surface area (Å²) in [6.45, 7) is 4.40. The van der Waals surface area contributed by atoms with E-state index in [1.165, 1.54) is 16.8 Å². The fourth-order valence-electron chi connectivity index (χ4n) is 2.88. The Kier molecular flexibility index (Phi) is 3.45. The average molecular weight is 267 g/mol. The molecule has 1 aliphatic rings. The zero-order valence-corrected chi connectivity index (χ0v) is 12.3. The predicted molar refractivity (Wildman–Crippen MR) is 83.5 cm³/mol. The molecule has 2 heterocycles. The Bertz CT molecular complexity index is 591. The van der Waals surface area contributed by atoms with Crippen molar-refractivity contribution in [1.29, 1.82) is 0 Å². The maximum Gasteiger partial charge on any atom is 0.133 e. The lowest BCUT2D eigenvalue weighted by atomic mass is 10.1. The molecule has 0 saturated carbocycles. The molecule has 2 aromatic rings. The topological polar surface area (TPSA) is 28.2 Å². The summed E-state index contributed by atoms with van der Waals surface area (Å²) in [4.78, 5) is 7.00. The van der Waals surface area contributed by atoms with Gasteiger partial charge < -0.3 is 10.2 Å². The van der Waals surface area contributed by atoms with Gasteiger partial charge in [-0.3, -0.25) is 0 Å². The highest BCUT2D eigenvalue weighted by atomic mass is 15.2. The highest BCUT2D eigenvalue weighted by Gasteiger charge is 2.27. The molecule has 1 aromatic heterocycles. The lowest BCUT2D eigenvalue weighted by molar-refractivity contribution is 0.649. The molecular weight excluding hydrogens is 246 g/mol. The minimum atomic E-state index is 0.333. The van der Waals surface area contributed by atoms with E-state index in [-0.39, 0.29) is 0 Å². The van der Waals surface area contributed by atoms with Gasteiger partial charge in [0.25, 0.3) is 0 Å². The van der Waals surface area contributed by atoms with E-state index in [0.29, 0.717) is 12.1 Å². The van der Waals surface area contributed by atoms with E-state index in [0.717, 1.165) is 12.2 Å². The zero-order chi connectivity index (χ0) is 14.1. The summed E-state index contributed by atoms with van der Waals surface area (Å²) in [6.07, 6.45) is 3.07. The van der Waals surface area contributed by atoms with Crippen molar-refractivity contribution in [1.82, 2.24) is 10.3 Å². The van der Waals surface area contributed by atoms with Crippen LogP contribution in [0.1, 0.15) is 31.0 Å². The molecule has 2 unspecified atom stereocenters. The van der Waals surface area contributed by atoms with Gasteiger partial charge in [-0.25, -0.2) is 4.98 Å². The Morgan fingerprint density at radius 2 is 2.05 bits per heavy atom. The van der Waals surface area contributed by atoms with E-state index in [1.54, 1.807) is 0 Å². The molecule has 0 radical (unpaired) electrons. The van der Waals surface area contributed by atoms with Crippen molar-refractivity contribution in [2.24, 2.45) is 0 Å². The summed E-state index contributed by atoms with van der Waals surface area (Å²) >= 11 is 0. The summed E-state index contributed by atoms with van der Waals surface area (Å²) in [6, 6.07) is 13.7. The highest BCUT2D eigenvalue weighted by molar-refractivity contribution is 5.68. The molecule has 3 heteroatoms. The van der Waals surface area contributed by atoms with Crippen LogP contribution in [0.2, 0.25) is 0 Å². The van der Waals surface area contributed by atoms with Crippen LogP contribution in [-0.2, 0) is 6.42 Å². The van der Waals surface area contributed by atoms with Crippen LogP contribution in [-0.4, -0.2) is 18.1 Å². The molecule has 1 aromatic carbocycles. The summed E-state index contributed by atoms with van der Waals surface area (Å²) in [5, 5.41) is 3.24. The van der Waals surface area contributed by atoms with Crippen LogP contribution < -0.4 is 10.2 Å². The van der Waals surface area contributed by atoms with Gasteiger partial charge in [0.15, 0.2) is 0 Å². The third kappa shape index (κ3) is 2.18. The van der Waals surface area contributed by atoms with Gasteiger partial charge in [-0.1, -0.05) is 24.3 Å². The van der Waals surface area contributed by atoms with Crippen molar-refractivity contribution in [2.75, 3.05) is 11.9 Å². The molecule has 104 valence electrons. The van der Waals surface area contributed by atoms with Gasteiger partial charge in [-0.05, 0) is 50.6 Å². The number of pyridine rings is 1. The number of nitrogens with one attached hydrogen (secondary N) is 1. The summed E-state index contributed by atoms with van der Waals surface area (Å²) < 4.78 is 0. The fraction of sp³-hybridized carbons (Fsp3) is 0.353. The first kappa shape index (κ1) is 13.1. The lowest BCUT2D eigenvalue weighted by Gasteiger charge is -2.24. The van der Waals surface area contributed by atoms with Gasteiger partial charge in [0.2, 0.25) is 0 Å². The number of benzene rings is 1. The fourth-order valence-corrected chi connectivity index (χ4v) is 2.88. The average Bonchev–Trinajstić information content (AvgIpc) is 2.82. The van der Waals surface area contributed by atoms with Gasteiger partial charge in [0.05, 0.1) is 0 Å². The predicted octanol–water partition coefficient (Wildman–Crippen LogP) is 3.44. The van der Waals surface area contributed by atoms with Crippen LogP contribution in [0.5, 0.6) is 0 Å². The zero-order valence-electron chi connectivity index (χ0n) is 12.3. The largest absolute Gasteiger partial charge is 0.323 e. The monoisotopic (exact) mass is 267 g/mol. The van der Waals surface area contributed by atoms with Gasteiger partial charge in [0, 0.05) is 24.0 Å². The molecule has 20 heavy (non-hydrogen) atoms. The minimum absolute atomic E-state index is 0.333. The first-order chi connectivity index (χ1) is 9.70. The van der Waals surface area contributed by atoms with Crippen LogP contribution in [0, 0.1) is 0 Å². The Balaban J connectivity index is 1.93. The Labute approximate surface area is 120 Å². The van der Waals surface area contributed by atoms with E-state index in [4.69, 9.17) is 0 Å². The molecule has 3 rings (SSSR count). The second-order valence-corrected chi connectivity index (χ2v) is 5.51. The number of aromatic nitrogens is 1. The van der Waals surface area contributed by atoms with Crippen molar-refractivity contribution in [3.05, 3.63) is 53.7 Å². The molecule has 0 bridgehead atoms. The van der Waals surface area contributed by atoms with Gasteiger partial charge in [-0.15, -0.1) is 0 Å². The molecule has 0 saturated heterocycles. The molecule has 1 aliphatic heterocycles.